The maximum Gasteiger partial charge on any atom is 0.258 e. The third-order valence-corrected chi connectivity index (χ3v) is 2.48. The number of rotatable bonds is 7. The van der Waals surface area contributed by atoms with Crippen LogP contribution in [0.25, 0.3) is 0 Å². The van der Waals surface area contributed by atoms with Gasteiger partial charge < -0.3 is 20.5 Å². The molecule has 0 aliphatic carbocycles. The van der Waals surface area contributed by atoms with Crippen LogP contribution < -0.4 is 15.8 Å². The fourth-order valence-corrected chi connectivity index (χ4v) is 1.41. The normalized spacial score (nSPS) is 10.2. The molecule has 0 aliphatic rings. The first-order chi connectivity index (χ1) is 8.67. The van der Waals surface area contributed by atoms with E-state index in [1.807, 2.05) is 25.1 Å². The Bertz CT molecular complexity index is 394. The average molecular weight is 252 g/mol. The van der Waals surface area contributed by atoms with Crippen LogP contribution in [0.1, 0.15) is 11.1 Å². The van der Waals surface area contributed by atoms with E-state index in [1.165, 1.54) is 0 Å². The third kappa shape index (κ3) is 4.73. The van der Waals surface area contributed by atoms with Crippen LogP contribution in [0.2, 0.25) is 0 Å². The molecule has 0 fully saturated rings. The lowest BCUT2D eigenvalue weighted by atomic mass is 10.1. The van der Waals surface area contributed by atoms with E-state index in [9.17, 15) is 4.79 Å². The molecular formula is C13H20N2O3. The van der Waals surface area contributed by atoms with E-state index in [0.29, 0.717) is 25.4 Å². The van der Waals surface area contributed by atoms with Crippen LogP contribution in [-0.4, -0.2) is 32.8 Å². The van der Waals surface area contributed by atoms with Crippen molar-refractivity contribution in [1.29, 1.82) is 0 Å². The molecule has 5 nitrogen and oxygen atoms in total. The highest BCUT2D eigenvalue weighted by molar-refractivity contribution is 5.77. The van der Waals surface area contributed by atoms with Crippen LogP contribution >= 0.6 is 0 Å². The number of nitrogens with two attached hydrogens (primary N) is 1. The molecule has 0 radical (unpaired) electrons. The number of hydrogen-bond donors (Lipinski definition) is 2. The summed E-state index contributed by atoms with van der Waals surface area (Å²) in [5.41, 5.74) is 7.52. The van der Waals surface area contributed by atoms with Crippen LogP contribution in [0.15, 0.2) is 18.2 Å². The molecule has 18 heavy (non-hydrogen) atoms. The highest BCUT2D eigenvalue weighted by atomic mass is 16.5. The van der Waals surface area contributed by atoms with Crippen molar-refractivity contribution in [2.75, 3.05) is 26.9 Å². The molecule has 3 N–H and O–H groups in total. The van der Waals surface area contributed by atoms with Crippen LogP contribution in [0, 0.1) is 6.92 Å². The largest absolute Gasteiger partial charge is 0.483 e. The van der Waals surface area contributed by atoms with Gasteiger partial charge in [0.25, 0.3) is 5.91 Å². The second kappa shape index (κ2) is 7.68. The summed E-state index contributed by atoms with van der Waals surface area (Å²) >= 11 is 0. The number of nitrogens with one attached hydrogen (secondary N) is 1. The summed E-state index contributed by atoms with van der Waals surface area (Å²) in [6.45, 7) is 3.36. The van der Waals surface area contributed by atoms with Gasteiger partial charge in [-0.25, -0.2) is 0 Å². The smallest absolute Gasteiger partial charge is 0.258 e. The molecule has 1 aromatic carbocycles. The molecule has 5 heteroatoms. The zero-order chi connectivity index (χ0) is 13.4. The van der Waals surface area contributed by atoms with Crippen LogP contribution in [0.4, 0.5) is 0 Å². The zero-order valence-electron chi connectivity index (χ0n) is 10.9. The summed E-state index contributed by atoms with van der Waals surface area (Å²) in [6.07, 6.45) is 0. The van der Waals surface area contributed by atoms with Gasteiger partial charge in [0.15, 0.2) is 6.61 Å². The van der Waals surface area contributed by atoms with Crippen molar-refractivity contribution in [2.45, 2.75) is 13.5 Å². The number of carbonyl (C=O) groups is 1. The molecule has 0 heterocycles. The van der Waals surface area contributed by atoms with Crippen molar-refractivity contribution in [3.63, 3.8) is 0 Å². The molecule has 0 spiro atoms. The van der Waals surface area contributed by atoms with Gasteiger partial charge in [-0.3, -0.25) is 4.79 Å². The minimum absolute atomic E-state index is 0.00141. The summed E-state index contributed by atoms with van der Waals surface area (Å²) in [4.78, 5) is 11.4. The molecule has 1 amide bonds. The Hall–Kier alpha value is -1.59. The average Bonchev–Trinajstić information content (AvgIpc) is 2.38. The maximum absolute atomic E-state index is 11.4. The van der Waals surface area contributed by atoms with E-state index in [4.69, 9.17) is 15.2 Å². The molecule has 1 aromatic rings. The third-order valence-electron chi connectivity index (χ3n) is 2.48. The van der Waals surface area contributed by atoms with Crippen molar-refractivity contribution in [3.05, 3.63) is 29.3 Å². The molecule has 0 saturated carbocycles. The molecule has 0 atom stereocenters. The monoisotopic (exact) mass is 252 g/mol. The van der Waals surface area contributed by atoms with Crippen molar-refractivity contribution >= 4 is 5.91 Å². The Morgan fingerprint density at radius 1 is 1.44 bits per heavy atom. The van der Waals surface area contributed by atoms with Crippen molar-refractivity contribution < 1.29 is 14.3 Å². The van der Waals surface area contributed by atoms with Crippen molar-refractivity contribution in [2.24, 2.45) is 5.73 Å². The standard InChI is InChI=1S/C13H20N2O3/c1-10-3-4-11(8-14)7-12(10)18-9-13(16)15-5-6-17-2/h3-4,7H,5-6,8-9,14H2,1-2H3,(H,15,16). The van der Waals surface area contributed by atoms with Gasteiger partial charge in [-0.1, -0.05) is 12.1 Å². The lowest BCUT2D eigenvalue weighted by molar-refractivity contribution is -0.123. The summed E-state index contributed by atoms with van der Waals surface area (Å²) in [6, 6.07) is 5.74. The molecule has 0 unspecified atom stereocenters. The fraction of sp³-hybridized carbons (Fsp3) is 0.462. The topological polar surface area (TPSA) is 73.6 Å². The second-order valence-electron chi connectivity index (χ2n) is 3.94. The first-order valence-electron chi connectivity index (χ1n) is 5.85. The second-order valence-corrected chi connectivity index (χ2v) is 3.94. The van der Waals surface area contributed by atoms with Gasteiger partial charge in [0.2, 0.25) is 0 Å². The Labute approximate surface area is 107 Å². The predicted molar refractivity (Wildman–Crippen MR) is 69.5 cm³/mol. The summed E-state index contributed by atoms with van der Waals surface area (Å²) < 4.78 is 10.3. The zero-order valence-corrected chi connectivity index (χ0v) is 10.9. The van der Waals surface area contributed by atoms with Gasteiger partial charge in [-0.15, -0.1) is 0 Å². The van der Waals surface area contributed by atoms with E-state index < -0.39 is 0 Å². The van der Waals surface area contributed by atoms with E-state index in [1.54, 1.807) is 7.11 Å². The number of amides is 1. The molecule has 100 valence electrons. The maximum atomic E-state index is 11.4. The van der Waals surface area contributed by atoms with Gasteiger partial charge >= 0.3 is 0 Å². The number of benzene rings is 1. The predicted octanol–water partition coefficient (Wildman–Crippen LogP) is 0.595. The molecular weight excluding hydrogens is 232 g/mol. The molecule has 0 aliphatic heterocycles. The lowest BCUT2D eigenvalue weighted by Gasteiger charge is -2.10. The minimum atomic E-state index is -0.162. The molecule has 0 aromatic heterocycles. The Morgan fingerprint density at radius 3 is 2.89 bits per heavy atom. The highest BCUT2D eigenvalue weighted by Crippen LogP contribution is 2.19. The van der Waals surface area contributed by atoms with Gasteiger partial charge in [-0.2, -0.15) is 0 Å². The first-order valence-corrected chi connectivity index (χ1v) is 5.85. The van der Waals surface area contributed by atoms with E-state index in [-0.39, 0.29) is 12.5 Å². The number of aryl methyl sites for hydroxylation is 1. The summed E-state index contributed by atoms with van der Waals surface area (Å²) in [5, 5.41) is 2.69. The highest BCUT2D eigenvalue weighted by Gasteiger charge is 2.05. The van der Waals surface area contributed by atoms with Gasteiger partial charge in [-0.05, 0) is 24.1 Å². The van der Waals surface area contributed by atoms with Crippen LogP contribution in [0.5, 0.6) is 5.75 Å². The van der Waals surface area contributed by atoms with Gasteiger partial charge in [0.05, 0.1) is 6.61 Å². The lowest BCUT2D eigenvalue weighted by Crippen LogP contribution is -2.31. The molecule has 1 rings (SSSR count). The summed E-state index contributed by atoms with van der Waals surface area (Å²) in [7, 11) is 1.59. The fourth-order valence-electron chi connectivity index (χ4n) is 1.41. The number of ether oxygens (including phenoxy) is 2. The summed E-state index contributed by atoms with van der Waals surface area (Å²) in [5.74, 6) is 0.532. The quantitative estimate of drug-likeness (QED) is 0.697. The SMILES string of the molecule is COCCNC(=O)COc1cc(CN)ccc1C. The van der Waals surface area contributed by atoms with Gasteiger partial charge in [0, 0.05) is 20.2 Å². The Kier molecular flexibility index (Phi) is 6.18. The van der Waals surface area contributed by atoms with E-state index in [0.717, 1.165) is 11.1 Å². The minimum Gasteiger partial charge on any atom is -0.483 e. The van der Waals surface area contributed by atoms with E-state index in [2.05, 4.69) is 5.32 Å². The molecule has 0 saturated heterocycles. The number of carbonyl (C=O) groups excluding carboxylic acids is 1. The van der Waals surface area contributed by atoms with Gasteiger partial charge in [0.1, 0.15) is 5.75 Å². The number of hydrogen-bond acceptors (Lipinski definition) is 4. The first kappa shape index (κ1) is 14.5. The van der Waals surface area contributed by atoms with Crippen molar-refractivity contribution in [1.82, 2.24) is 5.32 Å². The Balaban J connectivity index is 2.45. The van der Waals surface area contributed by atoms with Crippen LogP contribution in [0.3, 0.4) is 0 Å². The van der Waals surface area contributed by atoms with Crippen molar-refractivity contribution in [3.8, 4) is 5.75 Å². The van der Waals surface area contributed by atoms with Crippen LogP contribution in [-0.2, 0) is 16.1 Å². The Morgan fingerprint density at radius 2 is 2.22 bits per heavy atom. The number of methoxy groups -OCH3 is 1. The van der Waals surface area contributed by atoms with E-state index >= 15 is 0 Å². The molecule has 0 bridgehead atoms.